The van der Waals surface area contributed by atoms with Gasteiger partial charge in [-0.15, -0.1) is 0 Å². The minimum absolute atomic E-state index is 0.268. The quantitative estimate of drug-likeness (QED) is 0.592. The number of hydrogen-bond acceptors (Lipinski definition) is 4. The van der Waals surface area contributed by atoms with Crippen molar-refractivity contribution in [3.8, 4) is 0 Å². The fourth-order valence-corrected chi connectivity index (χ4v) is 4.39. The summed E-state index contributed by atoms with van der Waals surface area (Å²) in [4.78, 5) is 27.6. The second-order valence-electron chi connectivity index (χ2n) is 7.78. The van der Waals surface area contributed by atoms with Crippen LogP contribution in [-0.4, -0.2) is 33.0 Å². The zero-order chi connectivity index (χ0) is 23.6. The third-order valence-corrected chi connectivity index (χ3v) is 5.87. The Hall–Kier alpha value is -3.72. The highest BCUT2D eigenvalue weighted by Crippen LogP contribution is 2.34. The minimum atomic E-state index is -3.47. The van der Waals surface area contributed by atoms with Crippen molar-refractivity contribution in [2.45, 2.75) is 12.8 Å². The summed E-state index contributed by atoms with van der Waals surface area (Å²) in [5, 5.41) is 2.86. The Balaban J connectivity index is 1.61. The van der Waals surface area contributed by atoms with E-state index in [-0.39, 0.29) is 11.8 Å². The van der Waals surface area contributed by atoms with Crippen LogP contribution in [0.25, 0.3) is 0 Å². The maximum atomic E-state index is 13.3. The molecular weight excluding hydrogens is 445 g/mol. The number of nitrogens with zero attached hydrogens (tertiary/aromatic N) is 1. The predicted molar refractivity (Wildman–Crippen MR) is 126 cm³/mol. The molecule has 1 aliphatic rings. The molecule has 0 atom stereocenters. The first-order valence-electron chi connectivity index (χ1n) is 10.3. The summed E-state index contributed by atoms with van der Waals surface area (Å²) in [5.41, 5.74) is 3.08. The molecule has 0 aromatic heterocycles. The maximum absolute atomic E-state index is 13.3. The largest absolute Gasteiger partial charge is 0.322 e. The molecule has 0 fully saturated rings. The average Bonchev–Trinajstić information content (AvgIpc) is 2.78. The maximum Gasteiger partial charge on any atom is 0.258 e. The van der Waals surface area contributed by atoms with Crippen molar-refractivity contribution in [2.24, 2.45) is 0 Å². The SMILES string of the molecule is CS(=O)(=O)Nc1cccc(C(=O)N2CCCc3c(NC(=O)c4ccc(F)cc4)cccc32)c1. The van der Waals surface area contributed by atoms with Crippen molar-refractivity contribution >= 4 is 38.9 Å². The van der Waals surface area contributed by atoms with Gasteiger partial charge in [0.1, 0.15) is 5.82 Å². The van der Waals surface area contributed by atoms with Crippen LogP contribution in [-0.2, 0) is 16.4 Å². The minimum Gasteiger partial charge on any atom is -0.322 e. The Morgan fingerprint density at radius 1 is 0.970 bits per heavy atom. The van der Waals surface area contributed by atoms with E-state index in [1.807, 2.05) is 6.07 Å². The van der Waals surface area contributed by atoms with Crippen LogP contribution in [0.2, 0.25) is 0 Å². The number of hydrogen-bond donors (Lipinski definition) is 2. The van der Waals surface area contributed by atoms with E-state index >= 15 is 0 Å². The van der Waals surface area contributed by atoms with E-state index in [9.17, 15) is 22.4 Å². The van der Waals surface area contributed by atoms with Crippen LogP contribution >= 0.6 is 0 Å². The van der Waals surface area contributed by atoms with Gasteiger partial charge in [-0.1, -0.05) is 12.1 Å². The molecule has 2 amide bonds. The third kappa shape index (κ3) is 5.20. The van der Waals surface area contributed by atoms with E-state index in [2.05, 4.69) is 10.0 Å². The summed E-state index contributed by atoms with van der Waals surface area (Å²) >= 11 is 0. The van der Waals surface area contributed by atoms with Gasteiger partial charge in [0.25, 0.3) is 11.8 Å². The van der Waals surface area contributed by atoms with Crippen LogP contribution in [0, 0.1) is 5.82 Å². The topological polar surface area (TPSA) is 95.6 Å². The van der Waals surface area contributed by atoms with Crippen LogP contribution < -0.4 is 14.9 Å². The van der Waals surface area contributed by atoms with Gasteiger partial charge in [0.15, 0.2) is 0 Å². The van der Waals surface area contributed by atoms with Crippen molar-refractivity contribution in [2.75, 3.05) is 27.7 Å². The number of sulfonamides is 1. The summed E-state index contributed by atoms with van der Waals surface area (Å²) in [6.45, 7) is 0.491. The van der Waals surface area contributed by atoms with Gasteiger partial charge in [0, 0.05) is 34.7 Å². The lowest BCUT2D eigenvalue weighted by Gasteiger charge is -2.31. The lowest BCUT2D eigenvalue weighted by atomic mass is 9.98. The van der Waals surface area contributed by atoms with Crippen molar-refractivity contribution in [3.05, 3.63) is 89.2 Å². The van der Waals surface area contributed by atoms with E-state index in [1.54, 1.807) is 35.2 Å². The molecule has 0 bridgehead atoms. The molecule has 1 heterocycles. The molecule has 7 nitrogen and oxygen atoms in total. The number of fused-ring (bicyclic) bond motifs is 1. The normalized spacial score (nSPS) is 13.2. The number of carbonyl (C=O) groups is 2. The van der Waals surface area contributed by atoms with Gasteiger partial charge in [-0.05, 0) is 73.0 Å². The number of amides is 2. The van der Waals surface area contributed by atoms with Crippen molar-refractivity contribution in [1.82, 2.24) is 0 Å². The van der Waals surface area contributed by atoms with Gasteiger partial charge in [0.05, 0.1) is 6.26 Å². The van der Waals surface area contributed by atoms with Crippen molar-refractivity contribution in [1.29, 1.82) is 0 Å². The van der Waals surface area contributed by atoms with Crippen LogP contribution in [0.15, 0.2) is 66.7 Å². The molecule has 0 radical (unpaired) electrons. The highest BCUT2D eigenvalue weighted by Gasteiger charge is 2.26. The summed E-state index contributed by atoms with van der Waals surface area (Å²) in [6.07, 6.45) is 2.42. The molecule has 2 N–H and O–H groups in total. The van der Waals surface area contributed by atoms with Crippen molar-refractivity contribution in [3.63, 3.8) is 0 Å². The first kappa shape index (κ1) is 22.5. The van der Waals surface area contributed by atoms with E-state index in [0.717, 1.165) is 11.8 Å². The Morgan fingerprint density at radius 3 is 2.42 bits per heavy atom. The first-order chi connectivity index (χ1) is 15.7. The molecule has 1 aliphatic heterocycles. The van der Waals surface area contributed by atoms with Crippen LogP contribution in [0.4, 0.5) is 21.5 Å². The molecule has 0 saturated heterocycles. The Kier molecular flexibility index (Phi) is 6.15. The zero-order valence-electron chi connectivity index (χ0n) is 17.8. The Labute approximate surface area is 191 Å². The molecule has 4 rings (SSSR count). The van der Waals surface area contributed by atoms with Gasteiger partial charge in [-0.2, -0.15) is 0 Å². The van der Waals surface area contributed by atoms with E-state index < -0.39 is 15.8 Å². The Bertz CT molecular complexity index is 1320. The number of halogens is 1. The second kappa shape index (κ2) is 9.03. The standard InChI is InChI=1S/C24H22FN3O4S/c1-33(31,32)27-19-6-2-5-17(15-19)24(30)28-14-4-7-20-21(8-3-9-22(20)28)26-23(29)16-10-12-18(25)13-11-16/h2-3,5-6,8-13,15,27H,4,7,14H2,1H3,(H,26,29). The zero-order valence-corrected chi connectivity index (χ0v) is 18.7. The summed E-state index contributed by atoms with van der Waals surface area (Å²) in [6, 6.07) is 16.9. The monoisotopic (exact) mass is 467 g/mol. The number of carbonyl (C=O) groups excluding carboxylic acids is 2. The fraction of sp³-hybridized carbons (Fsp3) is 0.167. The summed E-state index contributed by atoms with van der Waals surface area (Å²) < 4.78 is 38.6. The van der Waals surface area contributed by atoms with Gasteiger partial charge in [-0.25, -0.2) is 12.8 Å². The number of nitrogens with one attached hydrogen (secondary N) is 2. The molecule has 170 valence electrons. The molecule has 9 heteroatoms. The average molecular weight is 468 g/mol. The van der Waals surface area contributed by atoms with Crippen LogP contribution in [0.3, 0.4) is 0 Å². The smallest absolute Gasteiger partial charge is 0.258 e. The number of benzene rings is 3. The highest BCUT2D eigenvalue weighted by molar-refractivity contribution is 7.92. The van der Waals surface area contributed by atoms with E-state index in [1.165, 1.54) is 30.3 Å². The molecule has 0 unspecified atom stereocenters. The highest BCUT2D eigenvalue weighted by atomic mass is 32.2. The molecule has 0 spiro atoms. The second-order valence-corrected chi connectivity index (χ2v) is 9.53. The molecule has 3 aromatic carbocycles. The fourth-order valence-electron chi connectivity index (χ4n) is 3.83. The lowest BCUT2D eigenvalue weighted by molar-refractivity contribution is 0.0984. The van der Waals surface area contributed by atoms with Crippen molar-refractivity contribution < 1.29 is 22.4 Å². The van der Waals surface area contributed by atoms with Crippen LogP contribution in [0.1, 0.15) is 32.7 Å². The number of rotatable bonds is 5. The van der Waals surface area contributed by atoms with Gasteiger partial charge >= 0.3 is 0 Å². The predicted octanol–water partition coefficient (Wildman–Crippen LogP) is 4.04. The molecule has 3 aromatic rings. The third-order valence-electron chi connectivity index (χ3n) is 5.26. The molecule has 33 heavy (non-hydrogen) atoms. The van der Waals surface area contributed by atoms with Gasteiger partial charge < -0.3 is 10.2 Å². The summed E-state index contributed by atoms with van der Waals surface area (Å²) in [7, 11) is -3.47. The first-order valence-corrected chi connectivity index (χ1v) is 12.2. The molecular formula is C24H22FN3O4S. The van der Waals surface area contributed by atoms with Crippen LogP contribution in [0.5, 0.6) is 0 Å². The van der Waals surface area contributed by atoms with Gasteiger partial charge in [-0.3, -0.25) is 14.3 Å². The molecule has 0 aliphatic carbocycles. The Morgan fingerprint density at radius 2 is 1.70 bits per heavy atom. The van der Waals surface area contributed by atoms with E-state index in [4.69, 9.17) is 0 Å². The lowest BCUT2D eigenvalue weighted by Crippen LogP contribution is -2.36. The molecule has 0 saturated carbocycles. The van der Waals surface area contributed by atoms with E-state index in [0.29, 0.717) is 47.6 Å². The van der Waals surface area contributed by atoms with Gasteiger partial charge in [0.2, 0.25) is 10.0 Å². The number of anilines is 3. The summed E-state index contributed by atoms with van der Waals surface area (Å²) in [5.74, 6) is -1.06.